The van der Waals surface area contributed by atoms with Gasteiger partial charge >= 0.3 is 5.97 Å². The van der Waals surface area contributed by atoms with Crippen molar-refractivity contribution >= 4 is 39.1 Å². The van der Waals surface area contributed by atoms with Crippen molar-refractivity contribution in [3.8, 4) is 6.07 Å². The standard InChI is InChI=1S/C14H11BrN4O2/c1-21-14(20)12-5-3-10(17)13(19-12)18-11-4-2-8(7-16)6-9(11)15/h2-6H,17H2,1H3,(H,18,19). The number of carbonyl (C=O) groups is 1. The van der Waals surface area contributed by atoms with Crippen LogP contribution in [0.4, 0.5) is 17.2 Å². The van der Waals surface area contributed by atoms with Crippen molar-refractivity contribution in [3.63, 3.8) is 0 Å². The summed E-state index contributed by atoms with van der Waals surface area (Å²) in [4.78, 5) is 15.6. The number of nitrogens with zero attached hydrogens (tertiary/aromatic N) is 2. The number of nitrogens with two attached hydrogens (primary N) is 1. The van der Waals surface area contributed by atoms with E-state index in [0.29, 0.717) is 27.2 Å². The van der Waals surface area contributed by atoms with Crippen LogP contribution in [0, 0.1) is 11.3 Å². The van der Waals surface area contributed by atoms with E-state index in [4.69, 9.17) is 11.0 Å². The van der Waals surface area contributed by atoms with Crippen molar-refractivity contribution in [2.45, 2.75) is 0 Å². The molecule has 0 radical (unpaired) electrons. The Kier molecular flexibility index (Phi) is 4.40. The van der Waals surface area contributed by atoms with Gasteiger partial charge in [-0.05, 0) is 46.3 Å². The first-order valence-corrected chi connectivity index (χ1v) is 6.66. The molecule has 0 saturated carbocycles. The fourth-order valence-corrected chi connectivity index (χ4v) is 2.08. The van der Waals surface area contributed by atoms with E-state index in [1.54, 1.807) is 24.3 Å². The fourth-order valence-electron chi connectivity index (χ4n) is 1.60. The number of benzene rings is 1. The van der Waals surface area contributed by atoms with Gasteiger partial charge in [-0.15, -0.1) is 0 Å². The predicted molar refractivity (Wildman–Crippen MR) is 82.1 cm³/mol. The van der Waals surface area contributed by atoms with Crippen LogP contribution in [0.15, 0.2) is 34.8 Å². The first-order valence-electron chi connectivity index (χ1n) is 5.86. The smallest absolute Gasteiger partial charge is 0.356 e. The minimum Gasteiger partial charge on any atom is -0.464 e. The summed E-state index contributed by atoms with van der Waals surface area (Å²) in [6.07, 6.45) is 0. The van der Waals surface area contributed by atoms with Crippen LogP contribution in [0.3, 0.4) is 0 Å². The average Bonchev–Trinajstić information content (AvgIpc) is 2.50. The van der Waals surface area contributed by atoms with E-state index in [-0.39, 0.29) is 5.69 Å². The van der Waals surface area contributed by atoms with E-state index in [1.807, 2.05) is 6.07 Å². The summed E-state index contributed by atoms with van der Waals surface area (Å²) in [7, 11) is 1.28. The topological polar surface area (TPSA) is 101 Å². The molecule has 0 bridgehead atoms. The van der Waals surface area contributed by atoms with E-state index in [2.05, 4.69) is 31.0 Å². The summed E-state index contributed by atoms with van der Waals surface area (Å²) < 4.78 is 5.31. The van der Waals surface area contributed by atoms with Crippen LogP contribution in [0.2, 0.25) is 0 Å². The maximum atomic E-state index is 11.5. The molecule has 7 heteroatoms. The Balaban J connectivity index is 2.35. The van der Waals surface area contributed by atoms with Gasteiger partial charge in [-0.3, -0.25) is 0 Å². The van der Waals surface area contributed by atoms with Crippen LogP contribution in [-0.2, 0) is 4.74 Å². The molecule has 2 aromatic rings. The molecule has 106 valence electrons. The summed E-state index contributed by atoms with van der Waals surface area (Å²) >= 11 is 3.36. The minimum absolute atomic E-state index is 0.152. The van der Waals surface area contributed by atoms with Gasteiger partial charge in [0.1, 0.15) is 0 Å². The van der Waals surface area contributed by atoms with Crippen LogP contribution in [-0.4, -0.2) is 18.1 Å². The number of nitrogens with one attached hydrogen (secondary N) is 1. The zero-order valence-electron chi connectivity index (χ0n) is 11.1. The van der Waals surface area contributed by atoms with Gasteiger partial charge < -0.3 is 15.8 Å². The number of carbonyl (C=O) groups excluding carboxylic acids is 1. The normalized spacial score (nSPS) is 9.76. The third-order valence-electron chi connectivity index (χ3n) is 2.67. The van der Waals surface area contributed by atoms with Gasteiger partial charge in [0.25, 0.3) is 0 Å². The molecule has 0 unspecified atom stereocenters. The summed E-state index contributed by atoms with van der Waals surface area (Å²) in [5.74, 6) is -0.208. The molecule has 1 heterocycles. The molecule has 0 aliphatic carbocycles. The molecular weight excluding hydrogens is 336 g/mol. The molecule has 0 saturated heterocycles. The molecule has 1 aromatic carbocycles. The van der Waals surface area contributed by atoms with Crippen molar-refractivity contribution in [1.29, 1.82) is 5.26 Å². The zero-order valence-corrected chi connectivity index (χ0v) is 12.6. The molecule has 0 atom stereocenters. The van der Waals surface area contributed by atoms with E-state index >= 15 is 0 Å². The first-order chi connectivity index (χ1) is 10.0. The molecule has 3 N–H and O–H groups in total. The van der Waals surface area contributed by atoms with Gasteiger partial charge in [0.15, 0.2) is 11.5 Å². The third-order valence-corrected chi connectivity index (χ3v) is 3.33. The average molecular weight is 347 g/mol. The lowest BCUT2D eigenvalue weighted by molar-refractivity contribution is 0.0594. The number of methoxy groups -OCH3 is 1. The summed E-state index contributed by atoms with van der Waals surface area (Å²) in [6, 6.07) is 10.1. The predicted octanol–water partition coefficient (Wildman–Crippen LogP) is 2.83. The number of nitrogen functional groups attached to an aromatic ring is 1. The van der Waals surface area contributed by atoms with Gasteiger partial charge in [-0.25, -0.2) is 9.78 Å². The Morgan fingerprint density at radius 2 is 2.19 bits per heavy atom. The third kappa shape index (κ3) is 3.30. The molecule has 0 fully saturated rings. The van der Waals surface area contributed by atoms with Crippen molar-refractivity contribution in [1.82, 2.24) is 4.98 Å². The SMILES string of the molecule is COC(=O)c1ccc(N)c(Nc2ccc(C#N)cc2Br)n1. The van der Waals surface area contributed by atoms with Crippen LogP contribution in [0.1, 0.15) is 16.1 Å². The monoisotopic (exact) mass is 346 g/mol. The van der Waals surface area contributed by atoms with Gasteiger partial charge in [-0.1, -0.05) is 0 Å². The maximum Gasteiger partial charge on any atom is 0.356 e. The lowest BCUT2D eigenvalue weighted by Gasteiger charge is -2.11. The summed E-state index contributed by atoms with van der Waals surface area (Å²) in [5, 5.41) is 11.8. The highest BCUT2D eigenvalue weighted by molar-refractivity contribution is 9.10. The van der Waals surface area contributed by atoms with E-state index in [1.165, 1.54) is 13.2 Å². The molecule has 6 nitrogen and oxygen atoms in total. The molecular formula is C14H11BrN4O2. The highest BCUT2D eigenvalue weighted by Crippen LogP contribution is 2.28. The maximum absolute atomic E-state index is 11.5. The van der Waals surface area contributed by atoms with Crippen LogP contribution < -0.4 is 11.1 Å². The Morgan fingerprint density at radius 1 is 1.43 bits per heavy atom. The fraction of sp³-hybridized carbons (Fsp3) is 0.0714. The summed E-state index contributed by atoms with van der Waals surface area (Å²) in [6.45, 7) is 0. The highest BCUT2D eigenvalue weighted by atomic mass is 79.9. The van der Waals surface area contributed by atoms with Gasteiger partial charge in [0.05, 0.1) is 30.1 Å². The number of hydrogen-bond acceptors (Lipinski definition) is 6. The molecule has 0 amide bonds. The number of rotatable bonds is 3. The van der Waals surface area contributed by atoms with Gasteiger partial charge in [0.2, 0.25) is 0 Å². The Morgan fingerprint density at radius 3 is 2.81 bits per heavy atom. The number of hydrogen-bond donors (Lipinski definition) is 2. The highest BCUT2D eigenvalue weighted by Gasteiger charge is 2.11. The van der Waals surface area contributed by atoms with E-state index in [0.717, 1.165) is 0 Å². The number of esters is 1. The molecule has 0 aliphatic rings. The molecule has 21 heavy (non-hydrogen) atoms. The van der Waals surface area contributed by atoms with Crippen LogP contribution >= 0.6 is 15.9 Å². The number of anilines is 3. The van der Waals surface area contributed by atoms with Gasteiger partial charge in [-0.2, -0.15) is 5.26 Å². The Hall–Kier alpha value is -2.59. The van der Waals surface area contributed by atoms with Gasteiger partial charge in [0, 0.05) is 4.47 Å². The Labute approximate surface area is 129 Å². The summed E-state index contributed by atoms with van der Waals surface area (Å²) in [5.41, 5.74) is 7.58. The number of pyridine rings is 1. The molecule has 0 spiro atoms. The van der Waals surface area contributed by atoms with Crippen molar-refractivity contribution < 1.29 is 9.53 Å². The second-order valence-corrected chi connectivity index (χ2v) is 4.91. The number of halogens is 1. The first kappa shape index (κ1) is 14.8. The Bertz CT molecular complexity index is 740. The number of ether oxygens (including phenoxy) is 1. The lowest BCUT2D eigenvalue weighted by atomic mass is 10.2. The van der Waals surface area contributed by atoms with E-state index in [9.17, 15) is 4.79 Å². The minimum atomic E-state index is -0.544. The lowest BCUT2D eigenvalue weighted by Crippen LogP contribution is -2.08. The van der Waals surface area contributed by atoms with Crippen molar-refractivity contribution in [2.75, 3.05) is 18.2 Å². The molecule has 0 aliphatic heterocycles. The largest absolute Gasteiger partial charge is 0.464 e. The molecule has 1 aromatic heterocycles. The van der Waals surface area contributed by atoms with Crippen LogP contribution in [0.25, 0.3) is 0 Å². The van der Waals surface area contributed by atoms with E-state index < -0.39 is 5.97 Å². The zero-order chi connectivity index (χ0) is 15.4. The number of nitriles is 1. The van der Waals surface area contributed by atoms with Crippen LogP contribution in [0.5, 0.6) is 0 Å². The quantitative estimate of drug-likeness (QED) is 0.828. The molecule has 2 rings (SSSR count). The number of aromatic nitrogens is 1. The van der Waals surface area contributed by atoms with Crippen molar-refractivity contribution in [3.05, 3.63) is 46.1 Å². The second-order valence-electron chi connectivity index (χ2n) is 4.06. The van der Waals surface area contributed by atoms with Crippen molar-refractivity contribution in [2.24, 2.45) is 0 Å². The second kappa shape index (κ2) is 6.24.